The molecule has 0 aromatic heterocycles. The molecule has 0 heterocycles. The summed E-state index contributed by atoms with van der Waals surface area (Å²) < 4.78 is 19.1. The molecule has 2 aromatic carbocycles. The molecule has 2 rings (SSSR count). The molecule has 0 fully saturated rings. The van der Waals surface area contributed by atoms with Crippen LogP contribution in [-0.4, -0.2) is 0 Å². The Morgan fingerprint density at radius 2 is 1.90 bits per heavy atom. The fraction of sp³-hybridized carbons (Fsp3) is 0.294. The van der Waals surface area contributed by atoms with Gasteiger partial charge in [-0.3, -0.25) is 0 Å². The standard InChI is InChI=1S/C17H20FNO/c1-11-4-7-17(16(8-11)13(3)19)20-10-14-9-15(18)6-5-12(14)2/h4-9,13H,10,19H2,1-3H3/t13-/m1/s1. The Labute approximate surface area is 119 Å². The van der Waals surface area contributed by atoms with Gasteiger partial charge in [0.05, 0.1) is 0 Å². The van der Waals surface area contributed by atoms with E-state index in [2.05, 4.69) is 0 Å². The number of halogens is 1. The van der Waals surface area contributed by atoms with Gasteiger partial charge in [-0.25, -0.2) is 4.39 Å². The van der Waals surface area contributed by atoms with Gasteiger partial charge in [0.25, 0.3) is 0 Å². The van der Waals surface area contributed by atoms with E-state index in [1.165, 1.54) is 12.1 Å². The zero-order chi connectivity index (χ0) is 14.7. The second-order valence-corrected chi connectivity index (χ2v) is 5.19. The summed E-state index contributed by atoms with van der Waals surface area (Å²) in [7, 11) is 0. The monoisotopic (exact) mass is 273 g/mol. The Bertz CT molecular complexity index is 608. The van der Waals surface area contributed by atoms with E-state index < -0.39 is 0 Å². The van der Waals surface area contributed by atoms with Gasteiger partial charge in [0.1, 0.15) is 18.2 Å². The summed E-state index contributed by atoms with van der Waals surface area (Å²) >= 11 is 0. The lowest BCUT2D eigenvalue weighted by molar-refractivity contribution is 0.300. The van der Waals surface area contributed by atoms with Crippen LogP contribution < -0.4 is 10.5 Å². The zero-order valence-electron chi connectivity index (χ0n) is 12.1. The van der Waals surface area contributed by atoms with E-state index in [9.17, 15) is 4.39 Å². The second-order valence-electron chi connectivity index (χ2n) is 5.19. The van der Waals surface area contributed by atoms with Gasteiger partial charge >= 0.3 is 0 Å². The number of aryl methyl sites for hydroxylation is 2. The molecule has 20 heavy (non-hydrogen) atoms. The molecule has 0 saturated heterocycles. The Hall–Kier alpha value is -1.87. The minimum absolute atomic E-state index is 0.0986. The topological polar surface area (TPSA) is 35.2 Å². The molecule has 0 bridgehead atoms. The molecule has 0 saturated carbocycles. The fourth-order valence-corrected chi connectivity index (χ4v) is 2.11. The quantitative estimate of drug-likeness (QED) is 0.912. The summed E-state index contributed by atoms with van der Waals surface area (Å²) in [6.45, 7) is 6.23. The number of nitrogens with two attached hydrogens (primary N) is 1. The highest BCUT2D eigenvalue weighted by molar-refractivity contribution is 5.39. The summed E-state index contributed by atoms with van der Waals surface area (Å²) in [4.78, 5) is 0. The first-order valence-corrected chi connectivity index (χ1v) is 6.71. The average Bonchev–Trinajstić information content (AvgIpc) is 2.40. The van der Waals surface area contributed by atoms with Crippen molar-refractivity contribution in [2.24, 2.45) is 5.73 Å². The van der Waals surface area contributed by atoms with Crippen LogP contribution in [0.5, 0.6) is 5.75 Å². The highest BCUT2D eigenvalue weighted by atomic mass is 19.1. The van der Waals surface area contributed by atoms with E-state index in [0.717, 1.165) is 28.0 Å². The third-order valence-electron chi connectivity index (χ3n) is 3.35. The van der Waals surface area contributed by atoms with Crippen molar-refractivity contribution in [3.05, 3.63) is 64.5 Å². The highest BCUT2D eigenvalue weighted by Gasteiger charge is 2.09. The molecule has 0 unspecified atom stereocenters. The van der Waals surface area contributed by atoms with Crippen LogP contribution in [0.4, 0.5) is 4.39 Å². The lowest BCUT2D eigenvalue weighted by Crippen LogP contribution is -2.09. The molecule has 0 radical (unpaired) electrons. The van der Waals surface area contributed by atoms with Gasteiger partial charge in [0.2, 0.25) is 0 Å². The van der Waals surface area contributed by atoms with Gasteiger partial charge in [-0.05, 0) is 50.1 Å². The maximum Gasteiger partial charge on any atom is 0.124 e. The first-order valence-electron chi connectivity index (χ1n) is 6.71. The third-order valence-corrected chi connectivity index (χ3v) is 3.35. The average molecular weight is 273 g/mol. The number of benzene rings is 2. The van der Waals surface area contributed by atoms with Gasteiger partial charge in [-0.1, -0.05) is 23.8 Å². The maximum absolute atomic E-state index is 13.3. The molecule has 106 valence electrons. The van der Waals surface area contributed by atoms with E-state index in [4.69, 9.17) is 10.5 Å². The zero-order valence-corrected chi connectivity index (χ0v) is 12.1. The highest BCUT2D eigenvalue weighted by Crippen LogP contribution is 2.26. The Morgan fingerprint density at radius 3 is 2.60 bits per heavy atom. The number of rotatable bonds is 4. The molecule has 0 aliphatic rings. The van der Waals surface area contributed by atoms with E-state index in [1.807, 2.05) is 39.0 Å². The van der Waals surface area contributed by atoms with E-state index >= 15 is 0 Å². The largest absolute Gasteiger partial charge is 0.489 e. The summed E-state index contributed by atoms with van der Waals surface area (Å²) in [6.07, 6.45) is 0. The van der Waals surface area contributed by atoms with Crippen molar-refractivity contribution in [3.63, 3.8) is 0 Å². The van der Waals surface area contributed by atoms with E-state index in [-0.39, 0.29) is 11.9 Å². The normalized spacial score (nSPS) is 12.2. The molecule has 2 N–H and O–H groups in total. The van der Waals surface area contributed by atoms with Crippen molar-refractivity contribution in [1.29, 1.82) is 0 Å². The smallest absolute Gasteiger partial charge is 0.124 e. The molecule has 0 aliphatic carbocycles. The number of ether oxygens (including phenoxy) is 1. The Balaban J connectivity index is 2.20. The van der Waals surface area contributed by atoms with Crippen LogP contribution in [0.1, 0.15) is 35.2 Å². The molecular weight excluding hydrogens is 253 g/mol. The van der Waals surface area contributed by atoms with Crippen molar-refractivity contribution in [2.45, 2.75) is 33.4 Å². The molecule has 0 spiro atoms. The molecule has 0 amide bonds. The molecule has 2 nitrogen and oxygen atoms in total. The van der Waals surface area contributed by atoms with Gasteiger partial charge in [0.15, 0.2) is 0 Å². The second kappa shape index (κ2) is 6.06. The minimum atomic E-state index is -0.245. The van der Waals surface area contributed by atoms with Crippen molar-refractivity contribution in [1.82, 2.24) is 0 Å². The van der Waals surface area contributed by atoms with Crippen LogP contribution >= 0.6 is 0 Å². The van der Waals surface area contributed by atoms with Crippen LogP contribution in [0, 0.1) is 19.7 Å². The summed E-state index contributed by atoms with van der Waals surface area (Å²) in [5.74, 6) is 0.514. The minimum Gasteiger partial charge on any atom is -0.489 e. The van der Waals surface area contributed by atoms with Gasteiger partial charge < -0.3 is 10.5 Å². The first kappa shape index (κ1) is 14.5. The summed E-state index contributed by atoms with van der Waals surface area (Å²) in [6, 6.07) is 10.6. The van der Waals surface area contributed by atoms with Crippen molar-refractivity contribution in [3.8, 4) is 5.75 Å². The van der Waals surface area contributed by atoms with Gasteiger partial charge in [-0.2, -0.15) is 0 Å². The van der Waals surface area contributed by atoms with E-state index in [1.54, 1.807) is 6.07 Å². The first-order chi connectivity index (χ1) is 9.47. The van der Waals surface area contributed by atoms with Crippen molar-refractivity contribution < 1.29 is 9.13 Å². The Morgan fingerprint density at radius 1 is 1.15 bits per heavy atom. The van der Waals surface area contributed by atoms with Gasteiger partial charge in [0, 0.05) is 11.6 Å². The van der Waals surface area contributed by atoms with Gasteiger partial charge in [-0.15, -0.1) is 0 Å². The van der Waals surface area contributed by atoms with Crippen molar-refractivity contribution in [2.75, 3.05) is 0 Å². The summed E-state index contributed by atoms with van der Waals surface area (Å²) in [5.41, 5.74) is 9.95. The molecule has 1 atom stereocenters. The third kappa shape index (κ3) is 3.36. The van der Waals surface area contributed by atoms with Crippen LogP contribution in [0.15, 0.2) is 36.4 Å². The SMILES string of the molecule is Cc1ccc(OCc2cc(F)ccc2C)c([C@@H](C)N)c1. The lowest BCUT2D eigenvalue weighted by atomic mass is 10.0. The molecule has 0 aliphatic heterocycles. The lowest BCUT2D eigenvalue weighted by Gasteiger charge is -2.15. The van der Waals surface area contributed by atoms with Crippen LogP contribution in [0.3, 0.4) is 0 Å². The molecule has 2 aromatic rings. The predicted molar refractivity (Wildman–Crippen MR) is 79.3 cm³/mol. The predicted octanol–water partition coefficient (Wildman–Crippen LogP) is 4.04. The molecular formula is C17H20FNO. The van der Waals surface area contributed by atoms with Crippen LogP contribution in [-0.2, 0) is 6.61 Å². The summed E-state index contributed by atoms with van der Waals surface area (Å²) in [5, 5.41) is 0. The number of hydrogen-bond donors (Lipinski definition) is 1. The number of hydrogen-bond acceptors (Lipinski definition) is 2. The van der Waals surface area contributed by atoms with Crippen molar-refractivity contribution >= 4 is 0 Å². The van der Waals surface area contributed by atoms with Crippen LogP contribution in [0.25, 0.3) is 0 Å². The Kier molecular flexibility index (Phi) is 4.40. The van der Waals surface area contributed by atoms with E-state index in [0.29, 0.717) is 6.61 Å². The fourth-order valence-electron chi connectivity index (χ4n) is 2.11. The maximum atomic E-state index is 13.3. The van der Waals surface area contributed by atoms with Crippen LogP contribution in [0.2, 0.25) is 0 Å². The molecule has 3 heteroatoms.